The van der Waals surface area contributed by atoms with E-state index in [4.69, 9.17) is 0 Å². The second kappa shape index (κ2) is 7.88. The highest BCUT2D eigenvalue weighted by Gasteiger charge is 2.23. The maximum absolute atomic E-state index is 13.0. The summed E-state index contributed by atoms with van der Waals surface area (Å²) in [7, 11) is -3.19. The molecule has 0 aliphatic heterocycles. The molecule has 0 saturated heterocycles. The van der Waals surface area contributed by atoms with Gasteiger partial charge in [0, 0.05) is 18.3 Å². The molecule has 0 atom stereocenters. The summed E-state index contributed by atoms with van der Waals surface area (Å²) in [4.78, 5) is 17.7. The third-order valence-corrected chi connectivity index (χ3v) is 6.86. The molecular formula is C17H23N3O3S2. The zero-order chi connectivity index (χ0) is 17.9. The molecular weight excluding hydrogens is 358 g/mol. The molecule has 1 N–H and O–H groups in total. The number of rotatable bonds is 7. The molecule has 1 aliphatic rings. The first-order valence-corrected chi connectivity index (χ1v) is 11.3. The summed E-state index contributed by atoms with van der Waals surface area (Å²) in [5, 5.41) is 1.33. The normalized spacial score (nSPS) is 15.9. The lowest BCUT2D eigenvalue weighted by molar-refractivity contribution is 0.457. The highest BCUT2D eigenvalue weighted by Crippen LogP contribution is 2.32. The second-order valence-electron chi connectivity index (χ2n) is 6.17. The topological polar surface area (TPSA) is 81.1 Å². The van der Waals surface area contributed by atoms with E-state index in [1.165, 1.54) is 11.8 Å². The molecule has 8 heteroatoms. The van der Waals surface area contributed by atoms with E-state index in [0.717, 1.165) is 25.7 Å². The van der Waals surface area contributed by atoms with Crippen molar-refractivity contribution in [3.05, 3.63) is 34.6 Å². The summed E-state index contributed by atoms with van der Waals surface area (Å²) in [6.45, 7) is 1.94. The highest BCUT2D eigenvalue weighted by atomic mass is 32.2. The van der Waals surface area contributed by atoms with E-state index in [2.05, 4.69) is 9.71 Å². The maximum Gasteiger partial charge on any atom is 0.262 e. The first-order valence-electron chi connectivity index (χ1n) is 8.63. The van der Waals surface area contributed by atoms with Crippen LogP contribution in [0.4, 0.5) is 0 Å². The van der Waals surface area contributed by atoms with Gasteiger partial charge in [0.25, 0.3) is 5.56 Å². The number of aromatic nitrogens is 2. The largest absolute Gasteiger partial charge is 0.284 e. The highest BCUT2D eigenvalue weighted by molar-refractivity contribution is 7.99. The van der Waals surface area contributed by atoms with Crippen molar-refractivity contribution in [2.75, 3.05) is 18.1 Å². The van der Waals surface area contributed by atoms with Crippen LogP contribution in [0.15, 0.2) is 34.2 Å². The Morgan fingerprint density at radius 2 is 2.00 bits per heavy atom. The molecule has 1 aromatic heterocycles. The van der Waals surface area contributed by atoms with Crippen molar-refractivity contribution < 1.29 is 8.42 Å². The van der Waals surface area contributed by atoms with E-state index in [1.54, 1.807) is 6.92 Å². The fourth-order valence-corrected chi connectivity index (χ4v) is 4.82. The zero-order valence-corrected chi connectivity index (χ0v) is 15.9. The van der Waals surface area contributed by atoms with Gasteiger partial charge in [0.1, 0.15) is 0 Å². The van der Waals surface area contributed by atoms with Gasteiger partial charge < -0.3 is 0 Å². The fraction of sp³-hybridized carbons (Fsp3) is 0.529. The van der Waals surface area contributed by atoms with Crippen LogP contribution in [-0.4, -0.2) is 36.0 Å². The van der Waals surface area contributed by atoms with E-state index in [9.17, 15) is 13.2 Å². The SMILES string of the molecule is CCS(=O)(=O)NCCSc1nc2ccccc2c(=O)n1C1CCCC1. The van der Waals surface area contributed by atoms with E-state index in [0.29, 0.717) is 28.4 Å². The van der Waals surface area contributed by atoms with Gasteiger partial charge in [-0.25, -0.2) is 18.1 Å². The minimum absolute atomic E-state index is 0.00846. The third kappa shape index (κ3) is 4.24. The van der Waals surface area contributed by atoms with Gasteiger partial charge >= 0.3 is 0 Å². The van der Waals surface area contributed by atoms with Gasteiger partial charge in [0.2, 0.25) is 10.0 Å². The summed E-state index contributed by atoms with van der Waals surface area (Å²) >= 11 is 1.44. The lowest BCUT2D eigenvalue weighted by atomic mass is 10.2. The Hall–Kier alpha value is -1.38. The number of para-hydroxylation sites is 1. The number of fused-ring (bicyclic) bond motifs is 1. The lowest BCUT2D eigenvalue weighted by Crippen LogP contribution is -2.29. The first kappa shape index (κ1) is 18.4. The number of benzene rings is 1. The summed E-state index contributed by atoms with van der Waals surface area (Å²) in [5.41, 5.74) is 0.701. The smallest absolute Gasteiger partial charge is 0.262 e. The molecule has 1 heterocycles. The predicted octanol–water partition coefficient (Wildman–Crippen LogP) is 2.54. The maximum atomic E-state index is 13.0. The van der Waals surface area contributed by atoms with Gasteiger partial charge in [-0.15, -0.1) is 0 Å². The molecule has 0 bridgehead atoms. The molecule has 1 aromatic carbocycles. The monoisotopic (exact) mass is 381 g/mol. The van der Waals surface area contributed by atoms with Crippen molar-refractivity contribution in [1.82, 2.24) is 14.3 Å². The van der Waals surface area contributed by atoms with Gasteiger partial charge in [0.15, 0.2) is 5.16 Å². The van der Waals surface area contributed by atoms with Crippen LogP contribution in [0.5, 0.6) is 0 Å². The van der Waals surface area contributed by atoms with E-state index < -0.39 is 10.0 Å². The van der Waals surface area contributed by atoms with Gasteiger partial charge in [-0.2, -0.15) is 0 Å². The molecule has 3 rings (SSSR count). The van der Waals surface area contributed by atoms with Crippen LogP contribution in [0.2, 0.25) is 0 Å². The Morgan fingerprint density at radius 1 is 1.28 bits per heavy atom. The molecule has 6 nitrogen and oxygen atoms in total. The Balaban J connectivity index is 1.87. The quantitative estimate of drug-likeness (QED) is 0.453. The van der Waals surface area contributed by atoms with E-state index in [-0.39, 0.29) is 17.4 Å². The predicted molar refractivity (Wildman–Crippen MR) is 102 cm³/mol. The van der Waals surface area contributed by atoms with Crippen LogP contribution in [0.3, 0.4) is 0 Å². The van der Waals surface area contributed by atoms with Crippen molar-refractivity contribution in [1.29, 1.82) is 0 Å². The fourth-order valence-electron chi connectivity index (χ4n) is 3.15. The summed E-state index contributed by atoms with van der Waals surface area (Å²) in [5.74, 6) is 0.607. The minimum atomic E-state index is -3.19. The Bertz CT molecular complexity index is 903. The number of nitrogens with one attached hydrogen (secondary N) is 1. The number of hydrogen-bond donors (Lipinski definition) is 1. The van der Waals surface area contributed by atoms with Crippen LogP contribution in [0.25, 0.3) is 10.9 Å². The molecule has 1 saturated carbocycles. The molecule has 136 valence electrons. The first-order chi connectivity index (χ1) is 12.0. The number of sulfonamides is 1. The third-order valence-electron chi connectivity index (χ3n) is 4.50. The summed E-state index contributed by atoms with van der Waals surface area (Å²) in [6.07, 6.45) is 4.25. The van der Waals surface area contributed by atoms with Crippen LogP contribution in [0, 0.1) is 0 Å². The summed E-state index contributed by atoms with van der Waals surface area (Å²) < 4.78 is 27.4. The average molecular weight is 382 g/mol. The number of thioether (sulfide) groups is 1. The van der Waals surface area contributed by atoms with E-state index >= 15 is 0 Å². The Morgan fingerprint density at radius 3 is 2.72 bits per heavy atom. The zero-order valence-electron chi connectivity index (χ0n) is 14.3. The molecule has 25 heavy (non-hydrogen) atoms. The Labute approximate surface area is 152 Å². The number of hydrogen-bond acceptors (Lipinski definition) is 5. The van der Waals surface area contributed by atoms with Crippen molar-refractivity contribution in [2.45, 2.75) is 43.8 Å². The average Bonchev–Trinajstić information content (AvgIpc) is 3.13. The van der Waals surface area contributed by atoms with Crippen molar-refractivity contribution in [3.63, 3.8) is 0 Å². The van der Waals surface area contributed by atoms with Crippen LogP contribution in [-0.2, 0) is 10.0 Å². The lowest BCUT2D eigenvalue weighted by Gasteiger charge is -2.18. The standard InChI is InChI=1S/C17H23N3O3S2/c1-2-25(22,23)18-11-12-24-17-19-15-10-6-5-9-14(15)16(21)20(17)13-7-3-4-8-13/h5-6,9-10,13,18H,2-4,7-8,11-12H2,1H3. The molecule has 0 radical (unpaired) electrons. The van der Waals surface area contributed by atoms with Gasteiger partial charge in [-0.1, -0.05) is 36.7 Å². The van der Waals surface area contributed by atoms with Gasteiger partial charge in [-0.05, 0) is 31.9 Å². The summed E-state index contributed by atoms with van der Waals surface area (Å²) in [6, 6.07) is 7.59. The van der Waals surface area contributed by atoms with E-state index in [1.807, 2.05) is 28.8 Å². The molecule has 1 aliphatic carbocycles. The van der Waals surface area contributed by atoms with Crippen molar-refractivity contribution in [3.8, 4) is 0 Å². The molecule has 0 amide bonds. The minimum Gasteiger partial charge on any atom is -0.284 e. The molecule has 0 unspecified atom stereocenters. The van der Waals surface area contributed by atoms with Crippen molar-refractivity contribution in [2.24, 2.45) is 0 Å². The van der Waals surface area contributed by atoms with Crippen molar-refractivity contribution >= 4 is 32.7 Å². The number of nitrogens with zero attached hydrogens (tertiary/aromatic N) is 2. The van der Waals surface area contributed by atoms with Crippen LogP contribution < -0.4 is 10.3 Å². The van der Waals surface area contributed by atoms with Crippen LogP contribution in [0.1, 0.15) is 38.6 Å². The van der Waals surface area contributed by atoms with Gasteiger partial charge in [0.05, 0.1) is 16.7 Å². The Kier molecular flexibility index (Phi) is 5.81. The van der Waals surface area contributed by atoms with Gasteiger partial charge in [-0.3, -0.25) is 9.36 Å². The molecule has 1 fully saturated rings. The second-order valence-corrected chi connectivity index (χ2v) is 9.33. The molecule has 0 spiro atoms. The molecule has 2 aromatic rings. The van der Waals surface area contributed by atoms with Crippen LogP contribution >= 0.6 is 11.8 Å².